The van der Waals surface area contributed by atoms with Crippen molar-refractivity contribution in [3.05, 3.63) is 64.4 Å². The summed E-state index contributed by atoms with van der Waals surface area (Å²) in [6, 6.07) is 11.9. The van der Waals surface area contributed by atoms with Gasteiger partial charge in [-0.25, -0.2) is 0 Å². The van der Waals surface area contributed by atoms with Crippen LogP contribution in [0.4, 0.5) is 0 Å². The molecule has 0 aliphatic rings. The number of aromatic nitrogens is 1. The Kier molecular flexibility index (Phi) is 5.30. The Hall–Kier alpha value is -1.68. The minimum Gasteiger partial charge on any atom is -0.345 e. The molecule has 3 nitrogen and oxygen atoms in total. The average Bonchev–Trinajstić information content (AvgIpc) is 2.47. The summed E-state index contributed by atoms with van der Waals surface area (Å²) in [6.07, 6.45) is 5.17. The molecule has 1 amide bonds. The number of amides is 1. The lowest BCUT2D eigenvalue weighted by Crippen LogP contribution is -2.28. The third-order valence-corrected chi connectivity index (χ3v) is 3.49. The minimum absolute atomic E-state index is 0.0349. The Morgan fingerprint density at radius 1 is 1.30 bits per heavy atom. The van der Waals surface area contributed by atoms with Crippen LogP contribution < -0.4 is 5.32 Å². The molecule has 0 bridgehead atoms. The summed E-state index contributed by atoms with van der Waals surface area (Å²) >= 11 is 3.33. The van der Waals surface area contributed by atoms with Gasteiger partial charge >= 0.3 is 0 Å². The van der Waals surface area contributed by atoms with Crippen LogP contribution in [0.1, 0.15) is 41.7 Å². The molecule has 1 N–H and O–H groups in total. The highest BCUT2D eigenvalue weighted by Crippen LogP contribution is 2.19. The van der Waals surface area contributed by atoms with Crippen LogP contribution in [0.25, 0.3) is 0 Å². The van der Waals surface area contributed by atoms with E-state index in [1.807, 2.05) is 30.3 Å². The van der Waals surface area contributed by atoms with E-state index in [-0.39, 0.29) is 11.9 Å². The van der Waals surface area contributed by atoms with E-state index in [9.17, 15) is 4.79 Å². The zero-order valence-corrected chi connectivity index (χ0v) is 12.9. The zero-order chi connectivity index (χ0) is 14.4. The summed E-state index contributed by atoms with van der Waals surface area (Å²) in [7, 11) is 0. The first-order chi connectivity index (χ1) is 9.70. The molecule has 1 atom stereocenters. The number of carbonyl (C=O) groups excluding carboxylic acids is 1. The standard InChI is InChI=1S/C16H17BrN2O/c1-2-6-15(12-7-4-3-5-8-12)19-16(20)13-9-14(17)11-18-10-13/h3-5,7-11,15H,2,6H2,1H3,(H,19,20). The van der Waals surface area contributed by atoms with Crippen molar-refractivity contribution >= 4 is 21.8 Å². The first-order valence-corrected chi connectivity index (χ1v) is 7.46. The second-order valence-corrected chi connectivity index (χ2v) is 5.53. The van der Waals surface area contributed by atoms with E-state index in [2.05, 4.69) is 33.2 Å². The fourth-order valence-corrected chi connectivity index (χ4v) is 2.44. The molecule has 0 spiro atoms. The van der Waals surface area contributed by atoms with E-state index in [0.717, 1.165) is 22.9 Å². The second kappa shape index (κ2) is 7.20. The van der Waals surface area contributed by atoms with Crippen molar-refractivity contribution in [1.82, 2.24) is 10.3 Å². The molecule has 2 rings (SSSR count). The molecular weight excluding hydrogens is 316 g/mol. The fourth-order valence-electron chi connectivity index (χ4n) is 2.07. The van der Waals surface area contributed by atoms with Crippen LogP contribution >= 0.6 is 15.9 Å². The van der Waals surface area contributed by atoms with Crippen molar-refractivity contribution in [2.75, 3.05) is 0 Å². The molecule has 2 aromatic rings. The van der Waals surface area contributed by atoms with E-state index in [1.165, 1.54) is 0 Å². The predicted molar refractivity (Wildman–Crippen MR) is 83.5 cm³/mol. The molecular formula is C16H17BrN2O. The molecule has 4 heteroatoms. The summed E-state index contributed by atoms with van der Waals surface area (Å²) in [6.45, 7) is 2.11. The monoisotopic (exact) mass is 332 g/mol. The molecule has 0 saturated carbocycles. The van der Waals surface area contributed by atoms with Gasteiger partial charge in [0.1, 0.15) is 0 Å². The number of hydrogen-bond donors (Lipinski definition) is 1. The van der Waals surface area contributed by atoms with Gasteiger partial charge in [-0.05, 0) is 34.0 Å². The third-order valence-electron chi connectivity index (χ3n) is 3.05. The lowest BCUT2D eigenvalue weighted by molar-refractivity contribution is 0.0934. The third kappa shape index (κ3) is 3.90. The van der Waals surface area contributed by atoms with Crippen LogP contribution in [0, 0.1) is 0 Å². The SMILES string of the molecule is CCCC(NC(=O)c1cncc(Br)c1)c1ccccc1. The van der Waals surface area contributed by atoms with Gasteiger partial charge in [0.25, 0.3) is 5.91 Å². The van der Waals surface area contributed by atoms with Gasteiger partial charge in [-0.3, -0.25) is 9.78 Å². The molecule has 1 aromatic carbocycles. The smallest absolute Gasteiger partial charge is 0.253 e. The van der Waals surface area contributed by atoms with E-state index in [0.29, 0.717) is 5.56 Å². The van der Waals surface area contributed by atoms with Crippen LogP contribution in [0.2, 0.25) is 0 Å². The van der Waals surface area contributed by atoms with E-state index >= 15 is 0 Å². The molecule has 0 aliphatic heterocycles. The Bertz CT molecular complexity index is 572. The fraction of sp³-hybridized carbons (Fsp3) is 0.250. The maximum Gasteiger partial charge on any atom is 0.253 e. The summed E-state index contributed by atoms with van der Waals surface area (Å²) in [4.78, 5) is 16.3. The van der Waals surface area contributed by atoms with Gasteiger partial charge in [-0.15, -0.1) is 0 Å². The number of hydrogen-bond acceptors (Lipinski definition) is 2. The van der Waals surface area contributed by atoms with Crippen molar-refractivity contribution in [2.24, 2.45) is 0 Å². The Morgan fingerprint density at radius 2 is 2.05 bits per heavy atom. The molecule has 104 valence electrons. The molecule has 20 heavy (non-hydrogen) atoms. The molecule has 0 saturated heterocycles. The van der Waals surface area contributed by atoms with Gasteiger partial charge < -0.3 is 5.32 Å². The van der Waals surface area contributed by atoms with Crippen LogP contribution in [-0.4, -0.2) is 10.9 Å². The van der Waals surface area contributed by atoms with E-state index < -0.39 is 0 Å². The van der Waals surface area contributed by atoms with E-state index in [1.54, 1.807) is 18.5 Å². The first-order valence-electron chi connectivity index (χ1n) is 6.67. The molecule has 1 aromatic heterocycles. The van der Waals surface area contributed by atoms with Crippen LogP contribution in [0.15, 0.2) is 53.3 Å². The minimum atomic E-state index is -0.0962. The number of nitrogens with zero attached hydrogens (tertiary/aromatic N) is 1. The highest BCUT2D eigenvalue weighted by molar-refractivity contribution is 9.10. The topological polar surface area (TPSA) is 42.0 Å². The van der Waals surface area contributed by atoms with Crippen LogP contribution in [0.5, 0.6) is 0 Å². The summed E-state index contributed by atoms with van der Waals surface area (Å²) in [5.41, 5.74) is 1.70. The summed E-state index contributed by atoms with van der Waals surface area (Å²) < 4.78 is 0.803. The molecule has 0 aliphatic carbocycles. The van der Waals surface area contributed by atoms with Crippen molar-refractivity contribution < 1.29 is 4.79 Å². The molecule has 1 heterocycles. The van der Waals surface area contributed by atoms with Crippen molar-refractivity contribution in [2.45, 2.75) is 25.8 Å². The Balaban J connectivity index is 2.14. The Labute approximate surface area is 127 Å². The van der Waals surface area contributed by atoms with Crippen LogP contribution in [0.3, 0.4) is 0 Å². The Morgan fingerprint density at radius 3 is 2.70 bits per heavy atom. The van der Waals surface area contributed by atoms with Gasteiger partial charge in [0.2, 0.25) is 0 Å². The maximum atomic E-state index is 12.3. The quantitative estimate of drug-likeness (QED) is 0.894. The number of pyridine rings is 1. The summed E-state index contributed by atoms with van der Waals surface area (Å²) in [5, 5.41) is 3.08. The number of rotatable bonds is 5. The van der Waals surface area contributed by atoms with Gasteiger partial charge in [-0.1, -0.05) is 43.7 Å². The second-order valence-electron chi connectivity index (χ2n) is 4.62. The van der Waals surface area contributed by atoms with Gasteiger partial charge in [0.05, 0.1) is 11.6 Å². The number of halogens is 1. The summed E-state index contributed by atoms with van der Waals surface area (Å²) in [5.74, 6) is -0.0962. The highest BCUT2D eigenvalue weighted by atomic mass is 79.9. The van der Waals surface area contributed by atoms with E-state index in [4.69, 9.17) is 0 Å². The number of benzene rings is 1. The highest BCUT2D eigenvalue weighted by Gasteiger charge is 2.15. The van der Waals surface area contributed by atoms with Crippen molar-refractivity contribution in [1.29, 1.82) is 0 Å². The first kappa shape index (κ1) is 14.7. The zero-order valence-electron chi connectivity index (χ0n) is 11.3. The lowest BCUT2D eigenvalue weighted by atomic mass is 10.0. The van der Waals surface area contributed by atoms with Gasteiger partial charge in [-0.2, -0.15) is 0 Å². The lowest BCUT2D eigenvalue weighted by Gasteiger charge is -2.18. The average molecular weight is 333 g/mol. The number of carbonyl (C=O) groups is 1. The normalized spacial score (nSPS) is 11.9. The van der Waals surface area contributed by atoms with Crippen LogP contribution in [-0.2, 0) is 0 Å². The van der Waals surface area contributed by atoms with Crippen molar-refractivity contribution in [3.8, 4) is 0 Å². The van der Waals surface area contributed by atoms with Crippen molar-refractivity contribution in [3.63, 3.8) is 0 Å². The molecule has 0 radical (unpaired) electrons. The largest absolute Gasteiger partial charge is 0.345 e. The van der Waals surface area contributed by atoms with Gasteiger partial charge in [0.15, 0.2) is 0 Å². The van der Waals surface area contributed by atoms with Gasteiger partial charge in [0, 0.05) is 16.9 Å². The molecule has 1 unspecified atom stereocenters. The predicted octanol–water partition coefficient (Wildman–Crippen LogP) is 4.12. The maximum absolute atomic E-state index is 12.3. The number of nitrogens with one attached hydrogen (secondary N) is 1. The molecule has 0 fully saturated rings.